The van der Waals surface area contributed by atoms with Crippen molar-refractivity contribution >= 4 is 23.4 Å². The Bertz CT molecular complexity index is 1690. The van der Waals surface area contributed by atoms with Crippen LogP contribution >= 0.6 is 11.6 Å². The molecule has 1 unspecified atom stereocenters. The third kappa shape index (κ3) is 9.37. The molecule has 1 saturated carbocycles. The van der Waals surface area contributed by atoms with E-state index in [2.05, 4.69) is 12.7 Å². The molecule has 7 atom stereocenters. The van der Waals surface area contributed by atoms with Gasteiger partial charge in [-0.1, -0.05) is 48.3 Å². The second-order valence-electron chi connectivity index (χ2n) is 15.0. The molecule has 2 N–H and O–H groups in total. The highest BCUT2D eigenvalue weighted by Gasteiger charge is 2.65. The van der Waals surface area contributed by atoms with E-state index in [9.17, 15) is 19.4 Å². The Morgan fingerprint density at radius 1 is 1.12 bits per heavy atom. The average Bonchev–Trinajstić information content (AvgIpc) is 3.22. The first-order valence-corrected chi connectivity index (χ1v) is 20.6. The predicted molar refractivity (Wildman–Crippen MR) is 210 cm³/mol. The summed E-state index contributed by atoms with van der Waals surface area (Å²) in [5.74, 6) is -1.15. The number of halogens is 2. The van der Waals surface area contributed by atoms with Gasteiger partial charge in [0.1, 0.15) is 36.6 Å². The van der Waals surface area contributed by atoms with Crippen LogP contribution in [0.15, 0.2) is 71.9 Å². The largest absolute Gasteiger partial charge is 0.489 e. The number of aliphatic hydroxyl groups is 2. The van der Waals surface area contributed by atoms with Crippen molar-refractivity contribution in [2.75, 3.05) is 46.0 Å². The number of likely N-dealkylation sites (N-methyl/N-ethyl adjacent to an activating group) is 1. The van der Waals surface area contributed by atoms with Gasteiger partial charge in [-0.15, -0.1) is 18.2 Å². The maximum absolute atomic E-state index is 14.6. The number of aliphatic hydroxyl groups excluding tert-OH is 2. The van der Waals surface area contributed by atoms with E-state index < -0.39 is 30.1 Å². The van der Waals surface area contributed by atoms with Crippen LogP contribution in [0.3, 0.4) is 0 Å². The molecule has 0 aromatic heterocycles. The lowest BCUT2D eigenvalue weighted by Gasteiger charge is -2.59. The Morgan fingerprint density at radius 3 is 2.66 bits per heavy atom. The molecular weight excluding hydrogens is 743 g/mol. The molecule has 1 amide bonds. The molecule has 11 nitrogen and oxygen atoms in total. The number of amides is 1. The number of rotatable bonds is 19. The number of ether oxygens (including phenoxy) is 5. The molecule has 56 heavy (non-hydrogen) atoms. The number of carbonyl (C=O) groups excluding carboxylic acids is 1. The Labute approximate surface area is 334 Å². The van der Waals surface area contributed by atoms with E-state index in [1.165, 1.54) is 11.0 Å². The minimum absolute atomic E-state index is 0.0278. The third-order valence-corrected chi connectivity index (χ3v) is 11.6. The minimum Gasteiger partial charge on any atom is -0.489 e. The first-order valence-electron chi connectivity index (χ1n) is 20.0. The fourth-order valence-corrected chi connectivity index (χ4v) is 8.94. The zero-order valence-electron chi connectivity index (χ0n) is 32.3. The maximum atomic E-state index is 14.6. The van der Waals surface area contributed by atoms with Crippen LogP contribution in [-0.4, -0.2) is 91.0 Å². The van der Waals surface area contributed by atoms with E-state index in [0.717, 1.165) is 49.7 Å². The lowest BCUT2D eigenvalue weighted by molar-refractivity contribution is -0.254. The SMILES string of the molecule is C=CCO[C@@]12Oc3ccc(OCc4ccccc4F)cc3[C@H]3[C@H](CCCCO)[C@@H](CCCCO)C=C(C(=NOC4CCCCO4)C[C@@H]1N(C)C(=O)OCCCl)[C@H]32. The van der Waals surface area contributed by atoms with Crippen molar-refractivity contribution in [1.82, 2.24) is 4.90 Å². The molecule has 2 aromatic rings. The number of carbonyl (C=O) groups is 1. The molecule has 2 aliphatic heterocycles. The summed E-state index contributed by atoms with van der Waals surface area (Å²) >= 11 is 5.94. The summed E-state index contributed by atoms with van der Waals surface area (Å²) in [5.41, 5.74) is 2.90. The lowest BCUT2D eigenvalue weighted by atomic mass is 9.55. The third-order valence-electron chi connectivity index (χ3n) is 11.5. The van der Waals surface area contributed by atoms with Crippen LogP contribution in [0, 0.1) is 23.6 Å². The first-order chi connectivity index (χ1) is 27.3. The molecule has 1 saturated heterocycles. The molecule has 0 radical (unpaired) electrons. The van der Waals surface area contributed by atoms with E-state index in [1.54, 1.807) is 31.3 Å². The number of nitrogens with zero attached hydrogens (tertiary/aromatic N) is 2. The molecule has 2 fully saturated rings. The molecule has 2 heterocycles. The molecule has 306 valence electrons. The fourth-order valence-electron chi connectivity index (χ4n) is 8.87. The number of benzene rings is 2. The zero-order chi connectivity index (χ0) is 39.5. The summed E-state index contributed by atoms with van der Waals surface area (Å²) < 4.78 is 46.4. The summed E-state index contributed by atoms with van der Waals surface area (Å²) in [6.45, 7) is 4.92. The molecule has 0 spiro atoms. The van der Waals surface area contributed by atoms with Gasteiger partial charge in [-0.05, 0) is 80.2 Å². The minimum atomic E-state index is -1.42. The number of fused-ring (bicyclic) bond motifs is 2. The monoisotopic (exact) mass is 798 g/mol. The van der Waals surface area contributed by atoms with Crippen LogP contribution < -0.4 is 9.47 Å². The van der Waals surface area contributed by atoms with Gasteiger partial charge in [0, 0.05) is 50.1 Å². The van der Waals surface area contributed by atoms with Crippen LogP contribution in [0.4, 0.5) is 9.18 Å². The van der Waals surface area contributed by atoms with Crippen molar-refractivity contribution in [3.63, 3.8) is 0 Å². The van der Waals surface area contributed by atoms with Crippen molar-refractivity contribution in [3.8, 4) is 11.5 Å². The summed E-state index contributed by atoms with van der Waals surface area (Å²) in [6.07, 6.45) is 10.2. The Hall–Kier alpha value is -3.68. The van der Waals surface area contributed by atoms with Crippen LogP contribution in [0.5, 0.6) is 11.5 Å². The van der Waals surface area contributed by atoms with Crippen LogP contribution in [0.2, 0.25) is 0 Å². The van der Waals surface area contributed by atoms with Crippen molar-refractivity contribution in [2.24, 2.45) is 22.9 Å². The summed E-state index contributed by atoms with van der Waals surface area (Å²) in [5, 5.41) is 24.5. The predicted octanol–water partition coefficient (Wildman–Crippen LogP) is 7.87. The van der Waals surface area contributed by atoms with Crippen LogP contribution in [-0.2, 0) is 25.7 Å². The van der Waals surface area contributed by atoms with E-state index in [1.807, 2.05) is 18.2 Å². The highest BCUT2D eigenvalue weighted by atomic mass is 35.5. The number of unbranched alkanes of at least 4 members (excludes halogenated alkanes) is 2. The average molecular weight is 799 g/mol. The summed E-state index contributed by atoms with van der Waals surface area (Å²) in [7, 11) is 1.67. The van der Waals surface area contributed by atoms with Gasteiger partial charge in [-0.25, -0.2) is 9.18 Å². The molecule has 2 aliphatic carbocycles. The number of hydrogen-bond donors (Lipinski definition) is 2. The van der Waals surface area contributed by atoms with E-state index in [0.29, 0.717) is 48.6 Å². The van der Waals surface area contributed by atoms with Crippen molar-refractivity contribution in [1.29, 1.82) is 0 Å². The number of hydrogen-bond acceptors (Lipinski definition) is 10. The highest BCUT2D eigenvalue weighted by Crippen LogP contribution is 2.62. The summed E-state index contributed by atoms with van der Waals surface area (Å²) in [6, 6.07) is 11.5. The molecule has 13 heteroatoms. The quantitative estimate of drug-likeness (QED) is 0.0632. The van der Waals surface area contributed by atoms with Gasteiger partial charge in [-0.2, -0.15) is 0 Å². The Kier molecular flexibility index (Phi) is 15.1. The molecule has 6 rings (SSSR count). The lowest BCUT2D eigenvalue weighted by Crippen LogP contribution is -2.69. The van der Waals surface area contributed by atoms with Gasteiger partial charge < -0.3 is 43.6 Å². The van der Waals surface area contributed by atoms with Gasteiger partial charge in [0.25, 0.3) is 0 Å². The number of allylic oxidation sites excluding steroid dienone is 1. The smallest absolute Gasteiger partial charge is 0.410 e. The van der Waals surface area contributed by atoms with E-state index in [-0.39, 0.29) is 68.9 Å². The van der Waals surface area contributed by atoms with Gasteiger partial charge in [0.15, 0.2) is 0 Å². The van der Waals surface area contributed by atoms with Gasteiger partial charge >= 0.3 is 6.09 Å². The maximum Gasteiger partial charge on any atom is 0.410 e. The number of alkyl halides is 1. The van der Waals surface area contributed by atoms with E-state index >= 15 is 0 Å². The van der Waals surface area contributed by atoms with Crippen LogP contribution in [0.1, 0.15) is 81.3 Å². The van der Waals surface area contributed by atoms with Gasteiger partial charge in [-0.3, -0.25) is 0 Å². The van der Waals surface area contributed by atoms with E-state index in [4.69, 9.17) is 45.3 Å². The van der Waals surface area contributed by atoms with Crippen molar-refractivity contribution in [2.45, 2.75) is 94.9 Å². The molecule has 4 aliphatic rings. The topological polar surface area (TPSA) is 129 Å². The number of oxime groups is 1. The summed E-state index contributed by atoms with van der Waals surface area (Å²) in [4.78, 5) is 21.4. The van der Waals surface area contributed by atoms with Crippen molar-refractivity contribution in [3.05, 3.63) is 83.7 Å². The fraction of sp³-hybridized carbons (Fsp3) is 0.581. The highest BCUT2D eigenvalue weighted by molar-refractivity contribution is 6.18. The van der Waals surface area contributed by atoms with Gasteiger partial charge in [0.05, 0.1) is 30.7 Å². The standard InChI is InChI=1S/C43H56ClFN2O9/c1-3-22-54-43-38(47(2)42(50)52-24-19-44)27-36(46-56-39-16-8-11-23-51-39)33-25-29(12-6-9-20-48)32(14-7-10-21-49)40(41(33)43)34-26-31(17-18-37(34)55-43)53-28-30-13-4-5-15-35(30)45/h3-5,13,15,17-18,25-26,29,32,38-41,48-49H,1,6-12,14,16,19-24,27-28H2,2H3/t29-,32+,38-,39?,40+,41+,43+/m0/s1. The molecule has 2 aromatic carbocycles. The molecule has 0 bridgehead atoms. The Balaban J connectivity index is 1.52. The van der Waals surface area contributed by atoms with Crippen molar-refractivity contribution < 1.29 is 47.9 Å². The Morgan fingerprint density at radius 2 is 1.93 bits per heavy atom. The normalized spacial score (nSPS) is 27.3. The first kappa shape index (κ1) is 41.9. The van der Waals surface area contributed by atoms with Gasteiger partial charge in [0.2, 0.25) is 12.1 Å². The van der Waals surface area contributed by atoms with Crippen LogP contribution in [0.25, 0.3) is 0 Å². The molecular formula is C43H56ClFN2O9. The second kappa shape index (κ2) is 20.1. The second-order valence-corrected chi connectivity index (χ2v) is 15.3. The zero-order valence-corrected chi connectivity index (χ0v) is 33.0.